The van der Waals surface area contributed by atoms with Crippen LogP contribution in [0.5, 0.6) is 5.75 Å². The van der Waals surface area contributed by atoms with E-state index in [9.17, 15) is 9.59 Å². The predicted octanol–water partition coefficient (Wildman–Crippen LogP) is 7.43. The van der Waals surface area contributed by atoms with Crippen LogP contribution in [0.4, 0.5) is 11.4 Å². The van der Waals surface area contributed by atoms with Crippen molar-refractivity contribution in [2.24, 2.45) is 4.99 Å². The molecule has 1 aliphatic heterocycles. The second-order valence-corrected chi connectivity index (χ2v) is 10.7. The van der Waals surface area contributed by atoms with Crippen LogP contribution in [-0.2, 0) is 9.59 Å². The first kappa shape index (κ1) is 25.8. The lowest BCUT2D eigenvalue weighted by Gasteiger charge is -2.12. The number of amidine groups is 1. The van der Waals surface area contributed by atoms with Crippen LogP contribution in [0.1, 0.15) is 5.56 Å². The summed E-state index contributed by atoms with van der Waals surface area (Å²) in [6, 6.07) is 17.8. The minimum absolute atomic E-state index is 0.226. The van der Waals surface area contributed by atoms with Crippen molar-refractivity contribution in [3.8, 4) is 5.75 Å². The van der Waals surface area contributed by atoms with Gasteiger partial charge in [-0.3, -0.25) is 9.59 Å². The molecule has 0 bridgehead atoms. The number of thioether (sulfide) groups is 1. The SMILES string of the molecule is O=C(COc1c(Br)cc(/C=C2/SC(=Nc3ccccc3)NC2=O)cc1Br)Nc1ccc(Cl)c(Cl)c1. The van der Waals surface area contributed by atoms with Gasteiger partial charge in [-0.05, 0) is 97.7 Å². The average Bonchev–Trinajstić information content (AvgIpc) is 3.14. The van der Waals surface area contributed by atoms with Gasteiger partial charge in [-0.2, -0.15) is 0 Å². The van der Waals surface area contributed by atoms with Crippen LogP contribution in [-0.4, -0.2) is 23.6 Å². The van der Waals surface area contributed by atoms with E-state index in [2.05, 4.69) is 47.5 Å². The van der Waals surface area contributed by atoms with Gasteiger partial charge in [-0.1, -0.05) is 41.4 Å². The first-order valence-corrected chi connectivity index (χ1v) is 13.2. The maximum atomic E-state index is 12.4. The molecule has 3 aromatic carbocycles. The summed E-state index contributed by atoms with van der Waals surface area (Å²) in [7, 11) is 0. The second kappa shape index (κ2) is 11.6. The lowest BCUT2D eigenvalue weighted by atomic mass is 10.2. The molecule has 2 amide bonds. The lowest BCUT2D eigenvalue weighted by molar-refractivity contribution is -0.118. The third kappa shape index (κ3) is 6.89. The van der Waals surface area contributed by atoms with Gasteiger partial charge in [-0.15, -0.1) is 0 Å². The van der Waals surface area contributed by atoms with Crippen LogP contribution >= 0.6 is 66.8 Å². The number of nitrogens with zero attached hydrogens (tertiary/aromatic N) is 1. The summed E-state index contributed by atoms with van der Waals surface area (Å²) in [6.07, 6.45) is 1.75. The molecule has 0 atom stereocenters. The molecule has 35 heavy (non-hydrogen) atoms. The number of aliphatic imine (C=N–C) groups is 1. The Labute approximate surface area is 232 Å². The van der Waals surface area contributed by atoms with Gasteiger partial charge in [0.2, 0.25) is 0 Å². The Hall–Kier alpha value is -2.30. The summed E-state index contributed by atoms with van der Waals surface area (Å²) >= 11 is 20.1. The highest BCUT2D eigenvalue weighted by atomic mass is 79.9. The van der Waals surface area contributed by atoms with E-state index in [0.29, 0.717) is 40.5 Å². The molecule has 1 aliphatic rings. The zero-order valence-corrected chi connectivity index (χ0v) is 23.2. The molecule has 0 aliphatic carbocycles. The second-order valence-electron chi connectivity index (χ2n) is 7.10. The number of anilines is 1. The van der Waals surface area contributed by atoms with Crippen LogP contribution in [0, 0.1) is 0 Å². The summed E-state index contributed by atoms with van der Waals surface area (Å²) in [5, 5.41) is 6.72. The number of benzene rings is 3. The molecule has 1 fully saturated rings. The summed E-state index contributed by atoms with van der Waals surface area (Å²) in [6.45, 7) is -0.227. The molecule has 1 saturated heterocycles. The van der Waals surface area contributed by atoms with Gasteiger partial charge in [0.25, 0.3) is 11.8 Å². The number of halogens is 4. The highest BCUT2D eigenvalue weighted by molar-refractivity contribution is 9.11. The van der Waals surface area contributed by atoms with Crippen molar-refractivity contribution in [2.45, 2.75) is 0 Å². The van der Waals surface area contributed by atoms with Crippen molar-refractivity contribution in [1.82, 2.24) is 5.32 Å². The maximum Gasteiger partial charge on any atom is 0.264 e. The molecule has 178 valence electrons. The first-order valence-electron chi connectivity index (χ1n) is 10.00. The Morgan fingerprint density at radius 1 is 1.06 bits per heavy atom. The minimum Gasteiger partial charge on any atom is -0.481 e. The number of hydrogen-bond acceptors (Lipinski definition) is 5. The minimum atomic E-state index is -0.363. The molecular formula is C24H15Br2Cl2N3O3S. The maximum absolute atomic E-state index is 12.4. The van der Waals surface area contributed by atoms with Gasteiger partial charge in [0.1, 0.15) is 5.75 Å². The number of amides is 2. The van der Waals surface area contributed by atoms with Crippen LogP contribution in [0.25, 0.3) is 6.08 Å². The third-order valence-electron chi connectivity index (χ3n) is 4.51. The molecule has 0 unspecified atom stereocenters. The van der Waals surface area contributed by atoms with E-state index in [-0.39, 0.29) is 18.4 Å². The average molecular weight is 656 g/mol. The summed E-state index contributed by atoms with van der Waals surface area (Å²) in [5.41, 5.74) is 2.03. The lowest BCUT2D eigenvalue weighted by Crippen LogP contribution is -2.20. The molecule has 0 saturated carbocycles. The van der Waals surface area contributed by atoms with Crippen molar-refractivity contribution < 1.29 is 14.3 Å². The molecular weight excluding hydrogens is 641 g/mol. The van der Waals surface area contributed by atoms with Crippen LogP contribution < -0.4 is 15.4 Å². The molecule has 0 spiro atoms. The van der Waals surface area contributed by atoms with Gasteiger partial charge < -0.3 is 15.4 Å². The topological polar surface area (TPSA) is 79.8 Å². The number of rotatable bonds is 6. The fourth-order valence-electron chi connectivity index (χ4n) is 2.96. The number of nitrogens with one attached hydrogen (secondary N) is 2. The van der Waals surface area contributed by atoms with E-state index >= 15 is 0 Å². The highest BCUT2D eigenvalue weighted by Crippen LogP contribution is 2.37. The highest BCUT2D eigenvalue weighted by Gasteiger charge is 2.24. The van der Waals surface area contributed by atoms with Gasteiger partial charge in [0, 0.05) is 5.69 Å². The van der Waals surface area contributed by atoms with Gasteiger partial charge >= 0.3 is 0 Å². The van der Waals surface area contributed by atoms with Crippen LogP contribution in [0.2, 0.25) is 10.0 Å². The number of hydrogen-bond donors (Lipinski definition) is 2. The van der Waals surface area contributed by atoms with Crippen LogP contribution in [0.3, 0.4) is 0 Å². The van der Waals surface area contributed by atoms with Crippen molar-refractivity contribution in [2.75, 3.05) is 11.9 Å². The standard InChI is InChI=1S/C24H15Br2Cl2N3O3S/c25-16-8-13(10-20-23(33)31-24(35-20)30-14-4-2-1-3-5-14)9-17(26)22(16)34-12-21(32)29-15-6-7-18(27)19(28)11-15/h1-11H,12H2,(H,29,32)(H,30,31,33)/b20-10+. The van der Waals surface area contributed by atoms with E-state index in [4.69, 9.17) is 27.9 Å². The van der Waals surface area contributed by atoms with Crippen molar-refractivity contribution in [3.63, 3.8) is 0 Å². The fraction of sp³-hybridized carbons (Fsp3) is 0.0417. The van der Waals surface area contributed by atoms with E-state index in [0.717, 1.165) is 11.3 Å². The molecule has 0 radical (unpaired) electrons. The van der Waals surface area contributed by atoms with Gasteiger partial charge in [0.05, 0.1) is 29.6 Å². The Balaban J connectivity index is 1.42. The molecule has 3 aromatic rings. The smallest absolute Gasteiger partial charge is 0.264 e. The molecule has 4 rings (SSSR count). The Bertz CT molecular complexity index is 1340. The number of carbonyl (C=O) groups is 2. The summed E-state index contributed by atoms with van der Waals surface area (Å²) < 4.78 is 6.92. The predicted molar refractivity (Wildman–Crippen MR) is 150 cm³/mol. The van der Waals surface area contributed by atoms with Crippen molar-refractivity contribution >= 4 is 101 Å². The normalized spacial score (nSPS) is 15.4. The van der Waals surface area contributed by atoms with Gasteiger partial charge in [0.15, 0.2) is 11.8 Å². The molecule has 2 N–H and O–H groups in total. The zero-order valence-electron chi connectivity index (χ0n) is 17.7. The fourth-order valence-corrected chi connectivity index (χ4v) is 5.55. The number of para-hydroxylation sites is 1. The van der Waals surface area contributed by atoms with Crippen molar-refractivity contribution in [3.05, 3.63) is 90.1 Å². The van der Waals surface area contributed by atoms with Crippen molar-refractivity contribution in [1.29, 1.82) is 0 Å². The Morgan fingerprint density at radius 3 is 2.46 bits per heavy atom. The van der Waals surface area contributed by atoms with E-state index in [1.165, 1.54) is 11.8 Å². The Kier molecular flexibility index (Phi) is 8.56. The van der Waals surface area contributed by atoms with Crippen LogP contribution in [0.15, 0.2) is 79.5 Å². The number of ether oxygens (including phenoxy) is 1. The quantitative estimate of drug-likeness (QED) is 0.271. The number of carbonyl (C=O) groups excluding carboxylic acids is 2. The van der Waals surface area contributed by atoms with E-state index in [1.54, 1.807) is 36.4 Å². The third-order valence-corrected chi connectivity index (χ3v) is 7.33. The zero-order chi connectivity index (χ0) is 24.9. The Morgan fingerprint density at radius 2 is 1.77 bits per heavy atom. The first-order chi connectivity index (χ1) is 16.8. The summed E-state index contributed by atoms with van der Waals surface area (Å²) in [4.78, 5) is 29.6. The molecule has 6 nitrogen and oxygen atoms in total. The van der Waals surface area contributed by atoms with E-state index < -0.39 is 0 Å². The monoisotopic (exact) mass is 653 g/mol. The molecule has 11 heteroatoms. The van der Waals surface area contributed by atoms with E-state index in [1.807, 2.05) is 30.3 Å². The molecule has 0 aromatic heterocycles. The summed E-state index contributed by atoms with van der Waals surface area (Å²) in [5.74, 6) is -0.139. The van der Waals surface area contributed by atoms with Gasteiger partial charge in [-0.25, -0.2) is 4.99 Å². The molecule has 1 heterocycles. The largest absolute Gasteiger partial charge is 0.481 e.